The van der Waals surface area contributed by atoms with Gasteiger partial charge in [0.25, 0.3) is 5.91 Å². The second kappa shape index (κ2) is 8.32. The predicted molar refractivity (Wildman–Crippen MR) is 97.9 cm³/mol. The van der Waals surface area contributed by atoms with Crippen LogP contribution in [0.2, 0.25) is 0 Å². The number of piperidine rings is 1. The van der Waals surface area contributed by atoms with Gasteiger partial charge in [-0.25, -0.2) is 4.39 Å². The van der Waals surface area contributed by atoms with Gasteiger partial charge in [-0.1, -0.05) is 12.1 Å². The minimum atomic E-state index is -0.336. The highest BCUT2D eigenvalue weighted by Gasteiger charge is 2.32. The number of carbonyl (C=O) groups is 1. The Bertz CT molecular complexity index is 730. The molecule has 2 atom stereocenters. The molecule has 0 aliphatic carbocycles. The summed E-state index contributed by atoms with van der Waals surface area (Å²) in [5.41, 5.74) is 1.71. The Morgan fingerprint density at radius 3 is 2.42 bits per heavy atom. The number of hydrogen-bond donors (Lipinski definition) is 0. The van der Waals surface area contributed by atoms with E-state index in [2.05, 4.69) is 0 Å². The lowest BCUT2D eigenvalue weighted by molar-refractivity contribution is -0.00299. The third-order valence-corrected chi connectivity index (χ3v) is 5.00. The molecule has 0 N–H and O–H groups in total. The van der Waals surface area contributed by atoms with Crippen molar-refractivity contribution < 1.29 is 18.7 Å². The van der Waals surface area contributed by atoms with Gasteiger partial charge in [0.15, 0.2) is 0 Å². The Labute approximate surface area is 153 Å². The average Bonchev–Trinajstić information content (AvgIpc) is 2.68. The van der Waals surface area contributed by atoms with Crippen molar-refractivity contribution in [3.63, 3.8) is 0 Å². The first-order valence-corrected chi connectivity index (χ1v) is 8.81. The number of nitrogens with zero attached hydrogens (tertiary/aromatic N) is 1. The van der Waals surface area contributed by atoms with Gasteiger partial charge in [-0.15, -0.1) is 0 Å². The van der Waals surface area contributed by atoms with E-state index in [0.717, 1.165) is 18.6 Å². The highest BCUT2D eigenvalue weighted by atomic mass is 19.1. The lowest BCUT2D eigenvalue weighted by Crippen LogP contribution is -2.47. The number of amides is 1. The lowest BCUT2D eigenvalue weighted by atomic mass is 9.88. The van der Waals surface area contributed by atoms with Gasteiger partial charge in [0.05, 0.1) is 13.2 Å². The highest BCUT2D eigenvalue weighted by Crippen LogP contribution is 2.25. The summed E-state index contributed by atoms with van der Waals surface area (Å²) in [6, 6.07) is 13.7. The molecule has 0 bridgehead atoms. The van der Waals surface area contributed by atoms with E-state index < -0.39 is 0 Å². The van der Waals surface area contributed by atoms with Gasteiger partial charge in [-0.05, 0) is 54.8 Å². The van der Waals surface area contributed by atoms with E-state index >= 15 is 0 Å². The minimum absolute atomic E-state index is 0.0562. The molecule has 26 heavy (non-hydrogen) atoms. The number of methoxy groups -OCH3 is 2. The van der Waals surface area contributed by atoms with Crippen LogP contribution in [-0.2, 0) is 11.2 Å². The Balaban J connectivity index is 1.70. The summed E-state index contributed by atoms with van der Waals surface area (Å²) in [4.78, 5) is 14.6. The summed E-state index contributed by atoms with van der Waals surface area (Å²) in [7, 11) is 3.37. The predicted octanol–water partition coefficient (Wildman–Crippen LogP) is 3.55. The number of halogens is 1. The molecule has 0 unspecified atom stereocenters. The van der Waals surface area contributed by atoms with Crippen LogP contribution in [0.5, 0.6) is 5.75 Å². The van der Waals surface area contributed by atoms with E-state index in [0.29, 0.717) is 18.7 Å². The normalized spacial score (nSPS) is 20.0. The maximum atomic E-state index is 13.1. The zero-order valence-electron chi connectivity index (χ0n) is 15.2. The molecule has 0 aromatic heterocycles. The fourth-order valence-electron chi connectivity index (χ4n) is 3.54. The molecule has 1 aliphatic heterocycles. The Morgan fingerprint density at radius 1 is 1.12 bits per heavy atom. The number of likely N-dealkylation sites (tertiary alicyclic amines) is 1. The van der Waals surface area contributed by atoms with Crippen LogP contribution >= 0.6 is 0 Å². The van der Waals surface area contributed by atoms with Gasteiger partial charge in [-0.2, -0.15) is 0 Å². The first kappa shape index (κ1) is 18.4. The summed E-state index contributed by atoms with van der Waals surface area (Å²) in [5.74, 6) is 0.650. The molecule has 4 nitrogen and oxygen atoms in total. The topological polar surface area (TPSA) is 38.8 Å². The Kier molecular flexibility index (Phi) is 5.89. The van der Waals surface area contributed by atoms with E-state index in [1.54, 1.807) is 26.4 Å². The Hall–Kier alpha value is -2.40. The van der Waals surface area contributed by atoms with Crippen molar-refractivity contribution in [1.29, 1.82) is 0 Å². The van der Waals surface area contributed by atoms with Gasteiger partial charge >= 0.3 is 0 Å². The van der Waals surface area contributed by atoms with Crippen molar-refractivity contribution in [1.82, 2.24) is 4.90 Å². The molecule has 0 radical (unpaired) electrons. The van der Waals surface area contributed by atoms with Gasteiger partial charge < -0.3 is 14.4 Å². The zero-order valence-corrected chi connectivity index (χ0v) is 15.2. The molecular weight excluding hydrogens is 333 g/mol. The van der Waals surface area contributed by atoms with E-state index in [1.165, 1.54) is 17.7 Å². The van der Waals surface area contributed by atoms with Crippen LogP contribution in [0.1, 0.15) is 22.3 Å². The average molecular weight is 357 g/mol. The smallest absolute Gasteiger partial charge is 0.253 e. The Morgan fingerprint density at radius 2 is 1.81 bits per heavy atom. The molecule has 1 saturated heterocycles. The zero-order chi connectivity index (χ0) is 18.5. The van der Waals surface area contributed by atoms with Gasteiger partial charge in [0.2, 0.25) is 0 Å². The van der Waals surface area contributed by atoms with Crippen LogP contribution in [0.3, 0.4) is 0 Å². The maximum absolute atomic E-state index is 13.1. The minimum Gasteiger partial charge on any atom is -0.497 e. The van der Waals surface area contributed by atoms with Crippen molar-refractivity contribution in [2.24, 2.45) is 5.92 Å². The summed E-state index contributed by atoms with van der Waals surface area (Å²) >= 11 is 0. The molecule has 1 heterocycles. The molecule has 1 aliphatic rings. The van der Waals surface area contributed by atoms with E-state index in [4.69, 9.17) is 9.47 Å². The summed E-state index contributed by atoms with van der Waals surface area (Å²) in [5, 5.41) is 0. The van der Waals surface area contributed by atoms with Crippen molar-refractivity contribution in [3.05, 3.63) is 65.5 Å². The van der Waals surface area contributed by atoms with Crippen LogP contribution in [0.4, 0.5) is 4.39 Å². The maximum Gasteiger partial charge on any atom is 0.253 e. The first-order chi connectivity index (χ1) is 12.6. The SMILES string of the molecule is COc1ccc(C[C@@H]2CN(C(=O)c3ccc(F)cc3)CC[C@@H]2OC)cc1. The molecule has 3 rings (SSSR count). The van der Waals surface area contributed by atoms with Crippen molar-refractivity contribution in [2.45, 2.75) is 18.9 Å². The monoisotopic (exact) mass is 357 g/mol. The van der Waals surface area contributed by atoms with Crippen molar-refractivity contribution in [2.75, 3.05) is 27.3 Å². The summed E-state index contributed by atoms with van der Waals surface area (Å²) in [6.07, 6.45) is 1.74. The van der Waals surface area contributed by atoms with E-state index in [1.807, 2.05) is 29.2 Å². The van der Waals surface area contributed by atoms with Crippen molar-refractivity contribution in [3.8, 4) is 5.75 Å². The van der Waals surface area contributed by atoms with Gasteiger partial charge in [0, 0.05) is 31.7 Å². The van der Waals surface area contributed by atoms with Crippen LogP contribution in [-0.4, -0.2) is 44.2 Å². The molecule has 138 valence electrons. The second-order valence-corrected chi connectivity index (χ2v) is 6.63. The standard InChI is InChI=1S/C21H24FNO3/c1-25-19-9-3-15(4-10-19)13-17-14-23(12-11-20(17)26-2)21(24)16-5-7-18(22)8-6-16/h3-10,17,20H,11-14H2,1-2H3/t17-,20+/m1/s1. The molecule has 0 spiro atoms. The third kappa shape index (κ3) is 4.22. The van der Waals surface area contributed by atoms with Crippen LogP contribution in [0.25, 0.3) is 0 Å². The number of benzene rings is 2. The first-order valence-electron chi connectivity index (χ1n) is 8.81. The molecule has 1 fully saturated rings. The summed E-state index contributed by atoms with van der Waals surface area (Å²) in [6.45, 7) is 1.27. The number of rotatable bonds is 5. The number of carbonyl (C=O) groups excluding carboxylic acids is 1. The van der Waals surface area contributed by atoms with E-state index in [-0.39, 0.29) is 23.7 Å². The number of hydrogen-bond acceptors (Lipinski definition) is 3. The molecule has 1 amide bonds. The van der Waals surface area contributed by atoms with E-state index in [9.17, 15) is 9.18 Å². The fraction of sp³-hybridized carbons (Fsp3) is 0.381. The van der Waals surface area contributed by atoms with Gasteiger partial charge in [-0.3, -0.25) is 4.79 Å². The number of ether oxygens (including phenoxy) is 2. The van der Waals surface area contributed by atoms with Gasteiger partial charge in [0.1, 0.15) is 11.6 Å². The molecule has 0 saturated carbocycles. The largest absolute Gasteiger partial charge is 0.497 e. The highest BCUT2D eigenvalue weighted by molar-refractivity contribution is 5.94. The molecule has 2 aromatic rings. The molecular formula is C21H24FNO3. The summed E-state index contributed by atoms with van der Waals surface area (Å²) < 4.78 is 24.0. The van der Waals surface area contributed by atoms with Crippen LogP contribution in [0.15, 0.2) is 48.5 Å². The van der Waals surface area contributed by atoms with Crippen molar-refractivity contribution >= 4 is 5.91 Å². The van der Waals surface area contributed by atoms with Crippen LogP contribution in [0, 0.1) is 11.7 Å². The molecule has 2 aromatic carbocycles. The fourth-order valence-corrected chi connectivity index (χ4v) is 3.54. The quantitative estimate of drug-likeness (QED) is 0.821. The second-order valence-electron chi connectivity index (χ2n) is 6.63. The van der Waals surface area contributed by atoms with Crippen LogP contribution < -0.4 is 4.74 Å². The third-order valence-electron chi connectivity index (χ3n) is 5.00. The lowest BCUT2D eigenvalue weighted by Gasteiger charge is -2.38. The molecule has 5 heteroatoms.